The fourth-order valence-electron chi connectivity index (χ4n) is 4.22. The molecule has 0 aromatic carbocycles. The van der Waals surface area contributed by atoms with E-state index in [1.165, 1.54) is 10.7 Å². The van der Waals surface area contributed by atoms with Crippen LogP contribution >= 0.6 is 0 Å². The fourth-order valence-corrected chi connectivity index (χ4v) is 4.22. The summed E-state index contributed by atoms with van der Waals surface area (Å²) in [5.74, 6) is 0.530. The van der Waals surface area contributed by atoms with E-state index in [1.54, 1.807) is 37.1 Å². The average molecular weight is 455 g/mol. The lowest BCUT2D eigenvalue weighted by Gasteiger charge is -2.35. The Morgan fingerprint density at radius 1 is 1.30 bits per heavy atom. The minimum Gasteiger partial charge on any atom is -0.381 e. The second-order valence-electron chi connectivity index (χ2n) is 8.49. The van der Waals surface area contributed by atoms with Crippen LogP contribution in [0.1, 0.15) is 42.1 Å². The molecule has 3 heterocycles. The molecule has 0 saturated heterocycles. The minimum atomic E-state index is -1.02. The number of aromatic nitrogens is 4. The van der Waals surface area contributed by atoms with Gasteiger partial charge in [0.2, 0.25) is 0 Å². The van der Waals surface area contributed by atoms with E-state index < -0.39 is 18.1 Å². The van der Waals surface area contributed by atoms with Crippen molar-refractivity contribution in [3.8, 4) is 0 Å². The maximum absolute atomic E-state index is 13.6. The first-order valence-electron chi connectivity index (χ1n) is 11.0. The molecule has 0 unspecified atom stereocenters. The zero-order valence-corrected chi connectivity index (χ0v) is 18.4. The number of hydrogen-bond acceptors (Lipinski definition) is 7. The number of carbonyl (C=O) groups is 1. The van der Waals surface area contributed by atoms with Crippen LogP contribution in [0.25, 0.3) is 5.65 Å². The monoisotopic (exact) mass is 455 g/mol. The van der Waals surface area contributed by atoms with E-state index in [-0.39, 0.29) is 23.3 Å². The molecule has 3 N–H and O–H groups in total. The van der Waals surface area contributed by atoms with Gasteiger partial charge in [0.1, 0.15) is 29.1 Å². The number of ether oxygens (including phenoxy) is 1. The van der Waals surface area contributed by atoms with E-state index in [0.717, 1.165) is 12.8 Å². The van der Waals surface area contributed by atoms with Crippen molar-refractivity contribution in [2.24, 2.45) is 0 Å². The highest BCUT2D eigenvalue weighted by atomic mass is 19.1. The quantitative estimate of drug-likeness (QED) is 0.501. The molecule has 2 saturated carbocycles. The molecule has 11 heteroatoms. The third-order valence-electron chi connectivity index (χ3n) is 6.51. The van der Waals surface area contributed by atoms with E-state index in [1.807, 2.05) is 6.07 Å². The molecule has 2 atom stereocenters. The van der Waals surface area contributed by atoms with Crippen molar-refractivity contribution in [1.82, 2.24) is 24.5 Å². The smallest absolute Gasteiger partial charge is 0.274 e. The van der Waals surface area contributed by atoms with Crippen molar-refractivity contribution >= 4 is 28.9 Å². The maximum atomic E-state index is 13.6. The molecular weight excluding hydrogens is 429 g/mol. The van der Waals surface area contributed by atoms with E-state index in [0.29, 0.717) is 35.8 Å². The number of fused-ring (bicyclic) bond motifs is 1. The van der Waals surface area contributed by atoms with Gasteiger partial charge in [-0.05, 0) is 37.8 Å². The van der Waals surface area contributed by atoms with Crippen molar-refractivity contribution in [2.75, 3.05) is 24.8 Å². The SMILES string of the molecule is CNc1cc(Nc2cccn([C@H]3C[C@@H](OC)C3)c2=O)nc2c(C(=O)N[C@@H]3CC[C@H]3F)cnn12. The zero-order chi connectivity index (χ0) is 23.1. The van der Waals surface area contributed by atoms with Crippen LogP contribution < -0.4 is 21.5 Å². The van der Waals surface area contributed by atoms with Crippen molar-refractivity contribution in [2.45, 2.75) is 50.0 Å². The summed E-state index contributed by atoms with van der Waals surface area (Å²) in [4.78, 5) is 30.3. The van der Waals surface area contributed by atoms with Gasteiger partial charge in [-0.15, -0.1) is 0 Å². The Balaban J connectivity index is 1.44. The summed E-state index contributed by atoms with van der Waals surface area (Å²) in [6.45, 7) is 0. The molecule has 2 aliphatic rings. The third-order valence-corrected chi connectivity index (χ3v) is 6.51. The van der Waals surface area contributed by atoms with Crippen LogP contribution in [-0.4, -0.2) is 57.5 Å². The number of carbonyl (C=O) groups excluding carboxylic acids is 1. The second kappa shape index (κ2) is 8.47. The Kier molecular flexibility index (Phi) is 5.49. The molecule has 174 valence electrons. The molecule has 2 fully saturated rings. The lowest BCUT2D eigenvalue weighted by atomic mass is 9.89. The molecule has 0 radical (unpaired) electrons. The molecule has 33 heavy (non-hydrogen) atoms. The summed E-state index contributed by atoms with van der Waals surface area (Å²) in [7, 11) is 3.40. The largest absolute Gasteiger partial charge is 0.381 e. The first-order chi connectivity index (χ1) is 16.0. The number of halogens is 1. The summed E-state index contributed by atoms with van der Waals surface area (Å²) in [5.41, 5.74) is 0.752. The van der Waals surface area contributed by atoms with Crippen LogP contribution in [-0.2, 0) is 4.74 Å². The topological polar surface area (TPSA) is 115 Å². The number of pyridine rings is 1. The van der Waals surface area contributed by atoms with Crippen molar-refractivity contribution in [3.05, 3.63) is 46.5 Å². The van der Waals surface area contributed by atoms with E-state index in [4.69, 9.17) is 4.74 Å². The number of methoxy groups -OCH3 is 1. The van der Waals surface area contributed by atoms with Gasteiger partial charge < -0.3 is 25.3 Å². The Bertz CT molecular complexity index is 1250. The summed E-state index contributed by atoms with van der Waals surface area (Å²) in [6, 6.07) is 4.82. The van der Waals surface area contributed by atoms with Crippen LogP contribution in [0.15, 0.2) is 35.4 Å². The van der Waals surface area contributed by atoms with Gasteiger partial charge in [0, 0.05) is 32.5 Å². The number of amides is 1. The van der Waals surface area contributed by atoms with E-state index in [2.05, 4.69) is 26.0 Å². The predicted molar refractivity (Wildman–Crippen MR) is 121 cm³/mol. The molecule has 3 aromatic heterocycles. The Morgan fingerprint density at radius 3 is 2.79 bits per heavy atom. The predicted octanol–water partition coefficient (Wildman–Crippen LogP) is 2.26. The van der Waals surface area contributed by atoms with Gasteiger partial charge in [-0.25, -0.2) is 9.37 Å². The Hall–Kier alpha value is -3.47. The molecule has 0 bridgehead atoms. The van der Waals surface area contributed by atoms with Gasteiger partial charge in [-0.3, -0.25) is 9.59 Å². The summed E-state index contributed by atoms with van der Waals surface area (Å²) in [6.07, 6.45) is 5.00. The van der Waals surface area contributed by atoms with Crippen molar-refractivity contribution in [3.63, 3.8) is 0 Å². The minimum absolute atomic E-state index is 0.100. The van der Waals surface area contributed by atoms with Gasteiger partial charge in [-0.2, -0.15) is 9.61 Å². The van der Waals surface area contributed by atoms with Gasteiger partial charge in [0.15, 0.2) is 5.65 Å². The highest BCUT2D eigenvalue weighted by Gasteiger charge is 2.33. The maximum Gasteiger partial charge on any atom is 0.274 e. The average Bonchev–Trinajstić information content (AvgIpc) is 3.21. The van der Waals surface area contributed by atoms with Crippen LogP contribution in [0, 0.1) is 0 Å². The Morgan fingerprint density at radius 2 is 2.12 bits per heavy atom. The van der Waals surface area contributed by atoms with Gasteiger partial charge >= 0.3 is 0 Å². The van der Waals surface area contributed by atoms with Crippen LogP contribution in [0.4, 0.5) is 21.7 Å². The lowest BCUT2D eigenvalue weighted by molar-refractivity contribution is 0.00522. The van der Waals surface area contributed by atoms with Gasteiger partial charge in [0.25, 0.3) is 11.5 Å². The standard InChI is InChI=1S/C22H26FN7O3/c1-24-19-10-18(26-17-4-3-7-29(22(17)32)12-8-13(9-12)33-2)28-20-14(11-25-30(19)20)21(31)27-16-6-5-15(16)23/h3-4,7,10-13,15-16,24H,5-6,8-9H2,1-2H3,(H,26,28)(H,27,31)/t12-,13+,15-,16-/m1/s1. The molecule has 3 aromatic rings. The zero-order valence-electron chi connectivity index (χ0n) is 18.4. The number of hydrogen-bond donors (Lipinski definition) is 3. The molecule has 10 nitrogen and oxygen atoms in total. The number of alkyl halides is 1. The molecule has 2 aliphatic carbocycles. The van der Waals surface area contributed by atoms with E-state index >= 15 is 0 Å². The Labute approximate surface area is 189 Å². The molecule has 0 spiro atoms. The van der Waals surface area contributed by atoms with Crippen molar-refractivity contribution < 1.29 is 13.9 Å². The summed E-state index contributed by atoms with van der Waals surface area (Å²) < 4.78 is 22.1. The molecular formula is C22H26FN7O3. The van der Waals surface area contributed by atoms with E-state index in [9.17, 15) is 14.0 Å². The molecule has 5 rings (SSSR count). The fraction of sp³-hybridized carbons (Fsp3) is 0.455. The number of nitrogens with one attached hydrogen (secondary N) is 3. The molecule has 1 amide bonds. The van der Waals surface area contributed by atoms with Crippen LogP contribution in [0.5, 0.6) is 0 Å². The first-order valence-corrected chi connectivity index (χ1v) is 11.0. The van der Waals surface area contributed by atoms with Crippen LogP contribution in [0.2, 0.25) is 0 Å². The normalized spacial score (nSPS) is 24.1. The number of rotatable bonds is 7. The number of nitrogens with zero attached hydrogens (tertiary/aromatic N) is 4. The number of anilines is 3. The van der Waals surface area contributed by atoms with Gasteiger partial charge in [0.05, 0.1) is 18.3 Å². The highest BCUT2D eigenvalue weighted by Crippen LogP contribution is 2.33. The highest BCUT2D eigenvalue weighted by molar-refractivity contribution is 6.00. The second-order valence-corrected chi connectivity index (χ2v) is 8.49. The summed E-state index contributed by atoms with van der Waals surface area (Å²) >= 11 is 0. The summed E-state index contributed by atoms with van der Waals surface area (Å²) in [5, 5.41) is 13.1. The van der Waals surface area contributed by atoms with Crippen molar-refractivity contribution in [1.29, 1.82) is 0 Å². The first kappa shape index (κ1) is 21.4. The van der Waals surface area contributed by atoms with Crippen LogP contribution in [0.3, 0.4) is 0 Å². The third kappa shape index (κ3) is 3.82. The van der Waals surface area contributed by atoms with Gasteiger partial charge in [-0.1, -0.05) is 0 Å². The lowest BCUT2D eigenvalue weighted by Crippen LogP contribution is -2.48. The molecule has 0 aliphatic heterocycles.